The van der Waals surface area contributed by atoms with Crippen LogP contribution in [0.3, 0.4) is 0 Å². The van der Waals surface area contributed by atoms with E-state index in [9.17, 15) is 4.79 Å². The van der Waals surface area contributed by atoms with E-state index in [0.717, 1.165) is 13.0 Å². The monoisotopic (exact) mass is 304 g/mol. The Morgan fingerprint density at radius 1 is 1.29 bits per heavy atom. The second-order valence-electron chi connectivity index (χ2n) is 4.58. The van der Waals surface area contributed by atoms with E-state index in [1.54, 1.807) is 37.3 Å². The first-order chi connectivity index (χ1) is 10.1. The second-order valence-corrected chi connectivity index (χ2v) is 5.01. The summed E-state index contributed by atoms with van der Waals surface area (Å²) in [6, 6.07) is 8.62. The van der Waals surface area contributed by atoms with Crippen LogP contribution in [0, 0.1) is 6.92 Å². The minimum atomic E-state index is -0.290. The van der Waals surface area contributed by atoms with Gasteiger partial charge in [-0.1, -0.05) is 24.6 Å². The highest BCUT2D eigenvalue weighted by atomic mass is 35.5. The molecule has 0 unspecified atom stereocenters. The van der Waals surface area contributed by atoms with E-state index >= 15 is 0 Å². The van der Waals surface area contributed by atoms with Crippen LogP contribution in [0.15, 0.2) is 30.3 Å². The third-order valence-electron chi connectivity index (χ3n) is 2.71. The van der Waals surface area contributed by atoms with E-state index in [2.05, 4.69) is 27.5 Å². The molecule has 110 valence electrons. The number of aryl methyl sites for hydroxylation is 1. The van der Waals surface area contributed by atoms with Crippen LogP contribution in [0.5, 0.6) is 0 Å². The summed E-state index contributed by atoms with van der Waals surface area (Å²) in [5, 5.41) is 6.49. The predicted octanol–water partition coefficient (Wildman–Crippen LogP) is 3.51. The van der Waals surface area contributed by atoms with Crippen molar-refractivity contribution in [3.05, 3.63) is 46.9 Å². The summed E-state index contributed by atoms with van der Waals surface area (Å²) in [6.07, 6.45) is 0.979. The first-order valence-corrected chi connectivity index (χ1v) is 7.12. The van der Waals surface area contributed by atoms with Crippen LogP contribution in [0.2, 0.25) is 5.02 Å². The lowest BCUT2D eigenvalue weighted by molar-refractivity contribution is 0.102. The van der Waals surface area contributed by atoms with Crippen LogP contribution >= 0.6 is 11.6 Å². The Bertz CT molecular complexity index is 645. The van der Waals surface area contributed by atoms with Crippen LogP contribution in [-0.2, 0) is 0 Å². The Balaban J connectivity index is 2.16. The fourth-order valence-electron chi connectivity index (χ4n) is 1.79. The average molecular weight is 305 g/mol. The van der Waals surface area contributed by atoms with Crippen molar-refractivity contribution >= 4 is 29.0 Å². The zero-order chi connectivity index (χ0) is 15.2. The number of carbonyl (C=O) groups is 1. The maximum atomic E-state index is 12.2. The molecule has 0 saturated carbocycles. The summed E-state index contributed by atoms with van der Waals surface area (Å²) in [5.74, 6) is 0.912. The molecule has 0 aliphatic rings. The second kappa shape index (κ2) is 7.04. The molecule has 2 aromatic rings. The van der Waals surface area contributed by atoms with E-state index in [4.69, 9.17) is 11.6 Å². The van der Waals surface area contributed by atoms with Gasteiger partial charge in [0.05, 0.1) is 0 Å². The summed E-state index contributed by atoms with van der Waals surface area (Å²) in [4.78, 5) is 20.6. The van der Waals surface area contributed by atoms with Crippen molar-refractivity contribution in [2.75, 3.05) is 17.2 Å². The summed E-state index contributed by atoms with van der Waals surface area (Å²) in [5.41, 5.74) is 0.952. The van der Waals surface area contributed by atoms with Crippen molar-refractivity contribution in [2.24, 2.45) is 0 Å². The molecule has 0 aliphatic carbocycles. The predicted molar refractivity (Wildman–Crippen MR) is 85.0 cm³/mol. The van der Waals surface area contributed by atoms with Gasteiger partial charge in [-0.15, -0.1) is 0 Å². The standard InChI is InChI=1S/C15H17ClN4O/c1-3-7-17-14-9-13(18-10(2)19-14)15(21)20-12-6-4-5-11(16)8-12/h4-6,8-9H,3,7H2,1-2H3,(H,20,21)(H,17,18,19). The molecule has 0 atom stereocenters. The Morgan fingerprint density at radius 3 is 2.81 bits per heavy atom. The molecule has 6 heteroatoms. The number of hydrogen-bond acceptors (Lipinski definition) is 4. The molecule has 5 nitrogen and oxygen atoms in total. The Morgan fingerprint density at radius 2 is 2.10 bits per heavy atom. The van der Waals surface area contributed by atoms with Gasteiger partial charge in [-0.3, -0.25) is 4.79 Å². The number of halogens is 1. The van der Waals surface area contributed by atoms with E-state index in [1.165, 1.54) is 0 Å². The Kier molecular flexibility index (Phi) is 5.11. The molecular formula is C15H17ClN4O. The number of benzene rings is 1. The van der Waals surface area contributed by atoms with Gasteiger partial charge in [0, 0.05) is 23.3 Å². The molecule has 0 bridgehead atoms. The van der Waals surface area contributed by atoms with Gasteiger partial charge in [-0.05, 0) is 31.5 Å². The largest absolute Gasteiger partial charge is 0.370 e. The third kappa shape index (κ3) is 4.43. The lowest BCUT2D eigenvalue weighted by atomic mass is 10.3. The molecular weight excluding hydrogens is 288 g/mol. The van der Waals surface area contributed by atoms with Gasteiger partial charge in [0.1, 0.15) is 17.3 Å². The number of hydrogen-bond donors (Lipinski definition) is 2. The molecule has 0 saturated heterocycles. The lowest BCUT2D eigenvalue weighted by Crippen LogP contribution is -2.16. The van der Waals surface area contributed by atoms with E-state index in [0.29, 0.717) is 28.0 Å². The molecule has 1 aromatic heterocycles. The van der Waals surface area contributed by atoms with Gasteiger partial charge in [-0.25, -0.2) is 9.97 Å². The van der Waals surface area contributed by atoms with E-state index in [-0.39, 0.29) is 5.91 Å². The highest BCUT2D eigenvalue weighted by Crippen LogP contribution is 2.16. The van der Waals surface area contributed by atoms with Gasteiger partial charge in [-0.2, -0.15) is 0 Å². The van der Waals surface area contributed by atoms with Crippen LogP contribution in [0.4, 0.5) is 11.5 Å². The first kappa shape index (κ1) is 15.3. The van der Waals surface area contributed by atoms with Crippen LogP contribution in [-0.4, -0.2) is 22.4 Å². The van der Waals surface area contributed by atoms with E-state index in [1.807, 2.05) is 0 Å². The van der Waals surface area contributed by atoms with Crippen molar-refractivity contribution in [3.8, 4) is 0 Å². The zero-order valence-electron chi connectivity index (χ0n) is 12.0. The van der Waals surface area contributed by atoms with Crippen molar-refractivity contribution in [3.63, 3.8) is 0 Å². The van der Waals surface area contributed by atoms with Gasteiger partial charge in [0.25, 0.3) is 5.91 Å². The van der Waals surface area contributed by atoms with E-state index < -0.39 is 0 Å². The van der Waals surface area contributed by atoms with Crippen molar-refractivity contribution in [1.29, 1.82) is 0 Å². The van der Waals surface area contributed by atoms with Crippen LogP contribution < -0.4 is 10.6 Å². The SMILES string of the molecule is CCCNc1cc(C(=O)Nc2cccc(Cl)c2)nc(C)n1. The molecule has 21 heavy (non-hydrogen) atoms. The number of aromatic nitrogens is 2. The number of amides is 1. The van der Waals surface area contributed by atoms with Crippen LogP contribution in [0.25, 0.3) is 0 Å². The van der Waals surface area contributed by atoms with Crippen molar-refractivity contribution in [1.82, 2.24) is 9.97 Å². The minimum Gasteiger partial charge on any atom is -0.370 e. The smallest absolute Gasteiger partial charge is 0.274 e. The quantitative estimate of drug-likeness (QED) is 0.887. The molecule has 1 aromatic carbocycles. The fourth-order valence-corrected chi connectivity index (χ4v) is 1.98. The van der Waals surface area contributed by atoms with Gasteiger partial charge < -0.3 is 10.6 Å². The highest BCUT2D eigenvalue weighted by molar-refractivity contribution is 6.30. The van der Waals surface area contributed by atoms with Crippen molar-refractivity contribution in [2.45, 2.75) is 20.3 Å². The zero-order valence-corrected chi connectivity index (χ0v) is 12.7. The third-order valence-corrected chi connectivity index (χ3v) is 2.94. The van der Waals surface area contributed by atoms with Crippen molar-refractivity contribution < 1.29 is 4.79 Å². The molecule has 2 rings (SSSR count). The number of rotatable bonds is 5. The van der Waals surface area contributed by atoms with Gasteiger partial charge in [0.2, 0.25) is 0 Å². The molecule has 0 radical (unpaired) electrons. The normalized spacial score (nSPS) is 10.2. The summed E-state index contributed by atoms with van der Waals surface area (Å²) in [6.45, 7) is 4.62. The summed E-state index contributed by atoms with van der Waals surface area (Å²) >= 11 is 5.90. The number of nitrogens with one attached hydrogen (secondary N) is 2. The minimum absolute atomic E-state index is 0.290. The Labute approximate surface area is 128 Å². The topological polar surface area (TPSA) is 66.9 Å². The first-order valence-electron chi connectivity index (χ1n) is 6.75. The molecule has 2 N–H and O–H groups in total. The van der Waals surface area contributed by atoms with Crippen LogP contribution in [0.1, 0.15) is 29.7 Å². The molecule has 0 spiro atoms. The molecule has 0 fully saturated rings. The molecule has 1 heterocycles. The average Bonchev–Trinajstić information content (AvgIpc) is 2.44. The molecule has 0 aliphatic heterocycles. The summed E-state index contributed by atoms with van der Waals surface area (Å²) in [7, 11) is 0. The maximum Gasteiger partial charge on any atom is 0.274 e. The maximum absolute atomic E-state index is 12.2. The number of carbonyl (C=O) groups excluding carboxylic acids is 1. The number of anilines is 2. The van der Waals surface area contributed by atoms with Gasteiger partial charge in [0.15, 0.2) is 0 Å². The fraction of sp³-hybridized carbons (Fsp3) is 0.267. The lowest BCUT2D eigenvalue weighted by Gasteiger charge is -2.08. The summed E-state index contributed by atoms with van der Waals surface area (Å²) < 4.78 is 0. The Hall–Kier alpha value is -2.14. The van der Waals surface area contributed by atoms with Gasteiger partial charge >= 0.3 is 0 Å². The molecule has 1 amide bonds. The number of nitrogens with zero attached hydrogens (tertiary/aromatic N) is 2. The highest BCUT2D eigenvalue weighted by Gasteiger charge is 2.11.